The van der Waals surface area contributed by atoms with Crippen molar-refractivity contribution in [3.8, 4) is 0 Å². The van der Waals surface area contributed by atoms with Crippen LogP contribution in [-0.4, -0.2) is 34.6 Å². The number of carbonyl (C=O) groups is 1. The number of amides is 1. The number of halogens is 1. The number of aliphatic hydroxyl groups is 1. The molecule has 2 rings (SSSR count). The fraction of sp³-hybridized carbons (Fsp3) is 0.417. The summed E-state index contributed by atoms with van der Waals surface area (Å²) in [5.41, 5.74) is 0.315. The van der Waals surface area contributed by atoms with E-state index in [4.69, 9.17) is 0 Å². The topological polar surface area (TPSA) is 40.5 Å². The first-order chi connectivity index (χ1) is 7.46. The number of hydrogen-bond acceptors (Lipinski definition) is 2. The normalized spacial score (nSPS) is 18.1. The molecule has 86 valence electrons. The molecule has 0 saturated carbocycles. The van der Waals surface area contributed by atoms with E-state index in [1.54, 1.807) is 11.8 Å². The lowest BCUT2D eigenvalue weighted by atomic mass is 9.96. The average Bonchev–Trinajstić information content (AvgIpc) is 2.18. The molecule has 0 aromatic heterocycles. The zero-order valence-electron chi connectivity index (χ0n) is 9.11. The van der Waals surface area contributed by atoms with Crippen molar-refractivity contribution in [1.82, 2.24) is 4.90 Å². The van der Waals surface area contributed by atoms with Crippen molar-refractivity contribution in [2.45, 2.75) is 18.9 Å². The summed E-state index contributed by atoms with van der Waals surface area (Å²) in [4.78, 5) is 13.5. The van der Waals surface area contributed by atoms with Crippen LogP contribution in [0, 0.1) is 0 Å². The maximum atomic E-state index is 11.8. The first-order valence-corrected chi connectivity index (χ1v) is 6.00. The molecule has 0 radical (unpaired) electrons. The Balaban J connectivity index is 1.91. The van der Waals surface area contributed by atoms with Crippen molar-refractivity contribution in [3.05, 3.63) is 34.3 Å². The van der Waals surface area contributed by atoms with E-state index in [0.29, 0.717) is 19.5 Å². The zero-order valence-corrected chi connectivity index (χ0v) is 10.7. The smallest absolute Gasteiger partial charge is 0.227 e. The molecule has 1 aromatic carbocycles. The van der Waals surface area contributed by atoms with Crippen LogP contribution < -0.4 is 0 Å². The first-order valence-electron chi connectivity index (χ1n) is 5.21. The Morgan fingerprint density at radius 1 is 1.44 bits per heavy atom. The van der Waals surface area contributed by atoms with Crippen molar-refractivity contribution in [2.24, 2.45) is 0 Å². The predicted molar refractivity (Wildman–Crippen MR) is 65.0 cm³/mol. The van der Waals surface area contributed by atoms with Crippen LogP contribution in [0.2, 0.25) is 0 Å². The molecule has 1 saturated heterocycles. The number of likely N-dealkylation sites (tertiary alicyclic amines) is 1. The Labute approximate surface area is 103 Å². The molecule has 0 spiro atoms. The van der Waals surface area contributed by atoms with Crippen molar-refractivity contribution in [1.29, 1.82) is 0 Å². The Kier molecular flexibility index (Phi) is 3.04. The minimum Gasteiger partial charge on any atom is -0.386 e. The minimum atomic E-state index is -0.685. The van der Waals surface area contributed by atoms with Crippen LogP contribution in [0.1, 0.15) is 12.5 Å². The van der Waals surface area contributed by atoms with Gasteiger partial charge in [-0.1, -0.05) is 28.1 Å². The highest BCUT2D eigenvalue weighted by Gasteiger charge is 2.38. The van der Waals surface area contributed by atoms with E-state index in [9.17, 15) is 9.90 Å². The molecular formula is C12H14BrNO2. The number of β-amino-alcohol motifs (C(OH)–C–C–N with tert-alkyl or cyclic N) is 1. The summed E-state index contributed by atoms with van der Waals surface area (Å²) < 4.78 is 1.01. The van der Waals surface area contributed by atoms with E-state index in [0.717, 1.165) is 10.0 Å². The Morgan fingerprint density at radius 3 is 2.50 bits per heavy atom. The SMILES string of the molecule is CC1(O)CN(C(=O)Cc2ccc(Br)cc2)C1. The quantitative estimate of drug-likeness (QED) is 0.896. The van der Waals surface area contributed by atoms with Gasteiger partial charge in [-0.3, -0.25) is 4.79 Å². The van der Waals surface area contributed by atoms with E-state index < -0.39 is 5.60 Å². The van der Waals surface area contributed by atoms with Gasteiger partial charge < -0.3 is 10.0 Å². The van der Waals surface area contributed by atoms with Gasteiger partial charge in [0, 0.05) is 4.47 Å². The van der Waals surface area contributed by atoms with Crippen LogP contribution in [-0.2, 0) is 11.2 Å². The van der Waals surface area contributed by atoms with Crippen molar-refractivity contribution >= 4 is 21.8 Å². The van der Waals surface area contributed by atoms with Gasteiger partial charge in [0.1, 0.15) is 0 Å². The van der Waals surface area contributed by atoms with E-state index in [2.05, 4.69) is 15.9 Å². The van der Waals surface area contributed by atoms with E-state index in [1.165, 1.54) is 0 Å². The Hall–Kier alpha value is -0.870. The van der Waals surface area contributed by atoms with Gasteiger partial charge in [0.25, 0.3) is 0 Å². The fourth-order valence-corrected chi connectivity index (χ4v) is 2.11. The van der Waals surface area contributed by atoms with Crippen LogP contribution in [0.3, 0.4) is 0 Å². The van der Waals surface area contributed by atoms with Crippen LogP contribution in [0.25, 0.3) is 0 Å². The van der Waals surface area contributed by atoms with Gasteiger partial charge in [-0.05, 0) is 24.6 Å². The summed E-state index contributed by atoms with van der Waals surface area (Å²) in [6.45, 7) is 2.64. The van der Waals surface area contributed by atoms with Gasteiger partial charge in [-0.2, -0.15) is 0 Å². The van der Waals surface area contributed by atoms with Crippen molar-refractivity contribution in [2.75, 3.05) is 13.1 Å². The molecule has 4 heteroatoms. The second-order valence-corrected chi connectivity index (χ2v) is 5.47. The Bertz CT molecular complexity index is 392. The second-order valence-electron chi connectivity index (χ2n) is 4.55. The summed E-state index contributed by atoms with van der Waals surface area (Å²) in [5.74, 6) is 0.0776. The lowest BCUT2D eigenvalue weighted by molar-refractivity contribution is -0.151. The van der Waals surface area contributed by atoms with E-state index >= 15 is 0 Å². The number of rotatable bonds is 2. The number of hydrogen-bond donors (Lipinski definition) is 1. The van der Waals surface area contributed by atoms with Gasteiger partial charge in [0.05, 0.1) is 25.1 Å². The molecule has 16 heavy (non-hydrogen) atoms. The maximum absolute atomic E-state index is 11.8. The van der Waals surface area contributed by atoms with Crippen LogP contribution in [0.5, 0.6) is 0 Å². The molecule has 1 heterocycles. The lowest BCUT2D eigenvalue weighted by Crippen LogP contribution is -2.62. The van der Waals surface area contributed by atoms with Crippen molar-refractivity contribution in [3.63, 3.8) is 0 Å². The fourth-order valence-electron chi connectivity index (χ4n) is 1.84. The lowest BCUT2D eigenvalue weighted by Gasteiger charge is -2.44. The van der Waals surface area contributed by atoms with E-state index in [-0.39, 0.29) is 5.91 Å². The Morgan fingerprint density at radius 2 is 2.00 bits per heavy atom. The third-order valence-electron chi connectivity index (χ3n) is 2.68. The maximum Gasteiger partial charge on any atom is 0.227 e. The largest absolute Gasteiger partial charge is 0.386 e. The average molecular weight is 284 g/mol. The standard InChI is InChI=1S/C12H14BrNO2/c1-12(16)7-14(8-12)11(15)6-9-2-4-10(13)5-3-9/h2-5,16H,6-8H2,1H3. The summed E-state index contributed by atoms with van der Waals surface area (Å²) in [6.07, 6.45) is 0.406. The van der Waals surface area contributed by atoms with Gasteiger partial charge in [0.15, 0.2) is 0 Å². The van der Waals surface area contributed by atoms with Crippen LogP contribution in [0.4, 0.5) is 0 Å². The molecule has 1 aliphatic rings. The molecular weight excluding hydrogens is 270 g/mol. The molecule has 1 N–H and O–H groups in total. The van der Waals surface area contributed by atoms with Crippen molar-refractivity contribution < 1.29 is 9.90 Å². The highest BCUT2D eigenvalue weighted by molar-refractivity contribution is 9.10. The number of benzene rings is 1. The highest BCUT2D eigenvalue weighted by Crippen LogP contribution is 2.21. The minimum absolute atomic E-state index is 0.0776. The zero-order chi connectivity index (χ0) is 11.8. The monoisotopic (exact) mass is 283 g/mol. The van der Waals surface area contributed by atoms with Gasteiger partial charge >= 0.3 is 0 Å². The second kappa shape index (κ2) is 4.18. The number of carbonyl (C=O) groups excluding carboxylic acids is 1. The molecule has 1 aliphatic heterocycles. The summed E-state index contributed by atoms with van der Waals surface area (Å²) in [5, 5.41) is 9.53. The van der Waals surface area contributed by atoms with Crippen LogP contribution >= 0.6 is 15.9 Å². The summed E-state index contributed by atoms with van der Waals surface area (Å²) in [7, 11) is 0. The van der Waals surface area contributed by atoms with Gasteiger partial charge in [-0.25, -0.2) is 0 Å². The summed E-state index contributed by atoms with van der Waals surface area (Å²) >= 11 is 3.35. The molecule has 0 atom stereocenters. The van der Waals surface area contributed by atoms with Gasteiger partial charge in [0.2, 0.25) is 5.91 Å². The third kappa shape index (κ3) is 2.62. The van der Waals surface area contributed by atoms with Gasteiger partial charge in [-0.15, -0.1) is 0 Å². The molecule has 0 unspecified atom stereocenters. The molecule has 1 amide bonds. The summed E-state index contributed by atoms with van der Waals surface area (Å²) in [6, 6.07) is 7.71. The number of nitrogens with zero attached hydrogens (tertiary/aromatic N) is 1. The molecule has 1 aromatic rings. The molecule has 0 aliphatic carbocycles. The van der Waals surface area contributed by atoms with Crippen LogP contribution in [0.15, 0.2) is 28.7 Å². The third-order valence-corrected chi connectivity index (χ3v) is 3.21. The molecule has 3 nitrogen and oxygen atoms in total. The molecule has 1 fully saturated rings. The first kappa shape index (κ1) is 11.6. The molecule has 0 bridgehead atoms. The highest BCUT2D eigenvalue weighted by atomic mass is 79.9. The van der Waals surface area contributed by atoms with E-state index in [1.807, 2.05) is 24.3 Å². The predicted octanol–water partition coefficient (Wildman–Crippen LogP) is 1.58.